The lowest BCUT2D eigenvalue weighted by Gasteiger charge is -2.08. The Balaban J connectivity index is 2.75. The Labute approximate surface area is 108 Å². The summed E-state index contributed by atoms with van der Waals surface area (Å²) in [5.74, 6) is 0. The molecule has 0 aliphatic heterocycles. The third-order valence-corrected chi connectivity index (χ3v) is 4.36. The number of sulfonamides is 1. The van der Waals surface area contributed by atoms with Crippen LogP contribution < -0.4 is 4.72 Å². The van der Waals surface area contributed by atoms with E-state index >= 15 is 0 Å². The van der Waals surface area contributed by atoms with Gasteiger partial charge < -0.3 is 0 Å². The van der Waals surface area contributed by atoms with E-state index in [1.165, 1.54) is 7.05 Å². The molecule has 0 saturated carbocycles. The molecule has 1 N–H and O–H groups in total. The van der Waals surface area contributed by atoms with Gasteiger partial charge in [-0.15, -0.1) is 11.6 Å². The maximum absolute atomic E-state index is 11.5. The molecule has 5 heteroatoms. The normalized spacial score (nSPS) is 13.6. The van der Waals surface area contributed by atoms with Crippen LogP contribution in [0.4, 0.5) is 0 Å². The highest BCUT2D eigenvalue weighted by Gasteiger charge is 2.11. The number of alkyl halides is 1. The minimum atomic E-state index is -3.34. The van der Waals surface area contributed by atoms with E-state index in [0.29, 0.717) is 0 Å². The summed E-state index contributed by atoms with van der Waals surface area (Å²) >= 11 is 6.14. The Hall–Kier alpha value is -0.580. The highest BCUT2D eigenvalue weighted by molar-refractivity contribution is 7.89. The Kier molecular flexibility index (Phi) is 5.43. The van der Waals surface area contributed by atoms with Crippen molar-refractivity contribution in [2.24, 2.45) is 0 Å². The smallest absolute Gasteiger partial charge is 0.214 e. The van der Waals surface area contributed by atoms with Crippen molar-refractivity contribution in [2.75, 3.05) is 7.05 Å². The second-order valence-corrected chi connectivity index (χ2v) is 6.45. The van der Waals surface area contributed by atoms with E-state index in [1.807, 2.05) is 12.1 Å². The fourth-order valence-corrected chi connectivity index (χ4v) is 2.72. The standard InChI is InChI=1S/C12H18ClNO2S/c1-3-4-11(13)9-10-5-7-12(8-6-10)17(15,16)14-2/h5-8,11,14H,3-4,9H2,1-2H3. The van der Waals surface area contributed by atoms with E-state index in [2.05, 4.69) is 11.6 Å². The quantitative estimate of drug-likeness (QED) is 0.811. The molecule has 3 nitrogen and oxygen atoms in total. The highest BCUT2D eigenvalue weighted by atomic mass is 35.5. The summed E-state index contributed by atoms with van der Waals surface area (Å²) in [4.78, 5) is 0.283. The summed E-state index contributed by atoms with van der Waals surface area (Å²) in [5, 5.41) is 0.117. The minimum Gasteiger partial charge on any atom is -0.214 e. The van der Waals surface area contributed by atoms with Crippen LogP contribution >= 0.6 is 11.6 Å². The zero-order valence-corrected chi connectivity index (χ0v) is 11.7. The first-order valence-electron chi connectivity index (χ1n) is 5.66. The number of rotatable bonds is 6. The van der Waals surface area contributed by atoms with Crippen LogP contribution in [0.1, 0.15) is 25.3 Å². The van der Waals surface area contributed by atoms with Gasteiger partial charge in [0.05, 0.1) is 4.90 Å². The summed E-state index contributed by atoms with van der Waals surface area (Å²) in [5.41, 5.74) is 1.06. The molecule has 0 spiro atoms. The molecule has 1 rings (SSSR count). The Morgan fingerprint density at radius 2 is 1.88 bits per heavy atom. The van der Waals surface area contributed by atoms with E-state index < -0.39 is 10.0 Å². The molecule has 0 radical (unpaired) electrons. The largest absolute Gasteiger partial charge is 0.240 e. The van der Waals surface area contributed by atoms with Crippen LogP contribution in [0.15, 0.2) is 29.2 Å². The number of benzene rings is 1. The van der Waals surface area contributed by atoms with Gasteiger partial charge in [-0.3, -0.25) is 0 Å². The fraction of sp³-hybridized carbons (Fsp3) is 0.500. The van der Waals surface area contributed by atoms with Crippen LogP contribution in [0.5, 0.6) is 0 Å². The lowest BCUT2D eigenvalue weighted by molar-refractivity contribution is 0.588. The second-order valence-electron chi connectivity index (χ2n) is 3.94. The van der Waals surface area contributed by atoms with Gasteiger partial charge in [0, 0.05) is 5.38 Å². The maximum Gasteiger partial charge on any atom is 0.240 e. The van der Waals surface area contributed by atoms with Gasteiger partial charge in [-0.25, -0.2) is 13.1 Å². The molecule has 96 valence electrons. The molecule has 0 aromatic heterocycles. The molecule has 0 saturated heterocycles. The predicted octanol–water partition coefficient (Wildman–Crippen LogP) is 2.54. The van der Waals surface area contributed by atoms with Crippen molar-refractivity contribution >= 4 is 21.6 Å². The van der Waals surface area contributed by atoms with E-state index in [-0.39, 0.29) is 10.3 Å². The van der Waals surface area contributed by atoms with Crippen molar-refractivity contribution in [3.8, 4) is 0 Å². The molecule has 0 aliphatic carbocycles. The molecule has 0 heterocycles. The monoisotopic (exact) mass is 275 g/mol. The third-order valence-electron chi connectivity index (χ3n) is 2.56. The third kappa shape index (κ3) is 4.30. The maximum atomic E-state index is 11.5. The predicted molar refractivity (Wildman–Crippen MR) is 70.9 cm³/mol. The van der Waals surface area contributed by atoms with Crippen molar-refractivity contribution in [3.05, 3.63) is 29.8 Å². The summed E-state index contributed by atoms with van der Waals surface area (Å²) in [6, 6.07) is 6.85. The fourth-order valence-electron chi connectivity index (χ4n) is 1.59. The molecule has 17 heavy (non-hydrogen) atoms. The van der Waals surface area contributed by atoms with Crippen molar-refractivity contribution < 1.29 is 8.42 Å². The first-order valence-corrected chi connectivity index (χ1v) is 7.58. The Bertz CT molecular complexity index is 442. The van der Waals surface area contributed by atoms with Gasteiger partial charge in [-0.1, -0.05) is 25.5 Å². The number of halogens is 1. The first kappa shape index (κ1) is 14.5. The summed E-state index contributed by atoms with van der Waals surface area (Å²) in [7, 11) is -1.93. The van der Waals surface area contributed by atoms with E-state index in [9.17, 15) is 8.42 Å². The van der Waals surface area contributed by atoms with Gasteiger partial charge in [0.25, 0.3) is 0 Å². The summed E-state index contributed by atoms with van der Waals surface area (Å²) < 4.78 is 25.3. The summed E-state index contributed by atoms with van der Waals surface area (Å²) in [6.45, 7) is 2.10. The molecule has 1 aromatic carbocycles. The van der Waals surface area contributed by atoms with Gasteiger partial charge in [0.1, 0.15) is 0 Å². The van der Waals surface area contributed by atoms with Crippen LogP contribution in [-0.2, 0) is 16.4 Å². The van der Waals surface area contributed by atoms with Gasteiger partial charge in [0.15, 0.2) is 0 Å². The van der Waals surface area contributed by atoms with E-state index in [1.54, 1.807) is 12.1 Å². The average Bonchev–Trinajstić information content (AvgIpc) is 2.30. The number of hydrogen-bond acceptors (Lipinski definition) is 2. The molecule has 0 bridgehead atoms. The molecular weight excluding hydrogens is 258 g/mol. The van der Waals surface area contributed by atoms with E-state index in [4.69, 9.17) is 11.6 Å². The second kappa shape index (κ2) is 6.38. The average molecular weight is 276 g/mol. The Morgan fingerprint density at radius 3 is 2.35 bits per heavy atom. The SMILES string of the molecule is CCCC(Cl)Cc1ccc(S(=O)(=O)NC)cc1. The lowest BCUT2D eigenvalue weighted by Crippen LogP contribution is -2.18. The van der Waals surface area contributed by atoms with Crippen LogP contribution in [0.25, 0.3) is 0 Å². The van der Waals surface area contributed by atoms with Crippen LogP contribution in [-0.4, -0.2) is 20.8 Å². The van der Waals surface area contributed by atoms with Gasteiger partial charge >= 0.3 is 0 Å². The van der Waals surface area contributed by atoms with Crippen LogP contribution in [0.3, 0.4) is 0 Å². The molecule has 0 fully saturated rings. The Morgan fingerprint density at radius 1 is 1.29 bits per heavy atom. The number of hydrogen-bond donors (Lipinski definition) is 1. The number of nitrogens with one attached hydrogen (secondary N) is 1. The minimum absolute atomic E-state index is 0.117. The molecule has 1 aromatic rings. The zero-order valence-electron chi connectivity index (χ0n) is 10.1. The van der Waals surface area contributed by atoms with E-state index in [0.717, 1.165) is 24.8 Å². The molecule has 1 unspecified atom stereocenters. The van der Waals surface area contributed by atoms with Crippen molar-refractivity contribution in [1.29, 1.82) is 0 Å². The van der Waals surface area contributed by atoms with Gasteiger partial charge in [0.2, 0.25) is 10.0 Å². The molecular formula is C12H18ClNO2S. The van der Waals surface area contributed by atoms with Crippen LogP contribution in [0, 0.1) is 0 Å². The highest BCUT2D eigenvalue weighted by Crippen LogP contribution is 2.15. The van der Waals surface area contributed by atoms with Crippen molar-refractivity contribution in [1.82, 2.24) is 4.72 Å². The van der Waals surface area contributed by atoms with Crippen molar-refractivity contribution in [2.45, 2.75) is 36.5 Å². The molecule has 0 aliphatic rings. The first-order chi connectivity index (χ1) is 7.99. The van der Waals surface area contributed by atoms with Gasteiger partial charge in [-0.2, -0.15) is 0 Å². The molecule has 0 amide bonds. The molecule has 1 atom stereocenters. The topological polar surface area (TPSA) is 46.2 Å². The summed E-state index contributed by atoms with van der Waals surface area (Å²) in [6.07, 6.45) is 2.80. The van der Waals surface area contributed by atoms with Gasteiger partial charge in [-0.05, 0) is 37.6 Å². The van der Waals surface area contributed by atoms with Crippen LogP contribution in [0.2, 0.25) is 0 Å². The zero-order chi connectivity index (χ0) is 12.9. The van der Waals surface area contributed by atoms with Crippen molar-refractivity contribution in [3.63, 3.8) is 0 Å². The lowest BCUT2D eigenvalue weighted by atomic mass is 10.1.